The van der Waals surface area contributed by atoms with Crippen LogP contribution in [0.3, 0.4) is 0 Å². The fourth-order valence-corrected chi connectivity index (χ4v) is 5.38. The van der Waals surface area contributed by atoms with Gasteiger partial charge in [0, 0.05) is 42.6 Å². The molecule has 6 heteroatoms. The minimum absolute atomic E-state index is 0.0223. The molecule has 1 aromatic carbocycles. The topological polar surface area (TPSA) is 70.4 Å². The van der Waals surface area contributed by atoms with Crippen LogP contribution in [-0.4, -0.2) is 32.9 Å². The van der Waals surface area contributed by atoms with Crippen LogP contribution >= 0.6 is 0 Å². The SMILES string of the molecule is Cc1c2c(c3c(c1N(C(C)C)C1C=CC(O)=CC1)CCc1nn(C)cc1-3)C(=O)NC2. The smallest absolute Gasteiger partial charge is 0.252 e. The van der Waals surface area contributed by atoms with Crippen LogP contribution in [0.5, 0.6) is 0 Å². The number of nitrogens with zero attached hydrogens (tertiary/aromatic N) is 3. The van der Waals surface area contributed by atoms with Crippen molar-refractivity contribution >= 4 is 11.6 Å². The highest BCUT2D eigenvalue weighted by molar-refractivity contribution is 6.07. The van der Waals surface area contributed by atoms with E-state index in [1.165, 1.54) is 16.8 Å². The number of aryl methyl sites for hydroxylation is 2. The van der Waals surface area contributed by atoms with Gasteiger partial charge in [0.1, 0.15) is 5.76 Å². The molecule has 156 valence electrons. The van der Waals surface area contributed by atoms with Crippen LogP contribution < -0.4 is 10.2 Å². The number of fused-ring (bicyclic) bond motifs is 5. The van der Waals surface area contributed by atoms with E-state index in [0.29, 0.717) is 12.3 Å². The molecule has 1 unspecified atom stereocenters. The zero-order chi connectivity index (χ0) is 21.2. The van der Waals surface area contributed by atoms with Gasteiger partial charge < -0.3 is 15.3 Å². The Balaban J connectivity index is 1.78. The summed E-state index contributed by atoms with van der Waals surface area (Å²) in [5, 5.41) is 17.5. The zero-order valence-electron chi connectivity index (χ0n) is 18.0. The number of aromatic nitrogens is 2. The fraction of sp³-hybridized carbons (Fsp3) is 0.417. The Morgan fingerprint density at radius 1 is 1.27 bits per heavy atom. The van der Waals surface area contributed by atoms with E-state index in [1.807, 2.05) is 17.8 Å². The van der Waals surface area contributed by atoms with Gasteiger partial charge in [0.2, 0.25) is 0 Å². The van der Waals surface area contributed by atoms with Crippen LogP contribution in [0.4, 0.5) is 5.69 Å². The molecule has 0 spiro atoms. The molecule has 2 N–H and O–H groups in total. The van der Waals surface area contributed by atoms with Crippen molar-refractivity contribution in [2.45, 2.75) is 58.7 Å². The quantitative estimate of drug-likeness (QED) is 0.818. The van der Waals surface area contributed by atoms with Gasteiger partial charge in [0.05, 0.1) is 17.3 Å². The molecule has 1 atom stereocenters. The second kappa shape index (κ2) is 6.76. The van der Waals surface area contributed by atoms with Gasteiger partial charge in [-0.3, -0.25) is 9.48 Å². The Morgan fingerprint density at radius 2 is 2.07 bits per heavy atom. The molecule has 6 nitrogen and oxygen atoms in total. The van der Waals surface area contributed by atoms with E-state index in [0.717, 1.165) is 47.2 Å². The van der Waals surface area contributed by atoms with Crippen molar-refractivity contribution in [3.05, 3.63) is 58.1 Å². The predicted molar refractivity (Wildman–Crippen MR) is 118 cm³/mol. The first kappa shape index (κ1) is 19.0. The van der Waals surface area contributed by atoms with Crippen molar-refractivity contribution in [2.75, 3.05) is 4.90 Å². The molecular formula is C24H28N4O2. The van der Waals surface area contributed by atoms with Crippen molar-refractivity contribution in [1.29, 1.82) is 0 Å². The van der Waals surface area contributed by atoms with Gasteiger partial charge in [-0.25, -0.2) is 0 Å². The molecule has 1 amide bonds. The Labute approximate surface area is 176 Å². The molecule has 0 saturated carbocycles. The second-order valence-corrected chi connectivity index (χ2v) is 8.82. The monoisotopic (exact) mass is 404 g/mol. The molecule has 0 fully saturated rings. The highest BCUT2D eigenvalue weighted by Crippen LogP contribution is 2.47. The number of benzene rings is 1. The van der Waals surface area contributed by atoms with Crippen molar-refractivity contribution in [3.63, 3.8) is 0 Å². The molecule has 1 aliphatic heterocycles. The van der Waals surface area contributed by atoms with Crippen LogP contribution in [-0.2, 0) is 26.4 Å². The zero-order valence-corrected chi connectivity index (χ0v) is 18.0. The lowest BCUT2D eigenvalue weighted by molar-refractivity contribution is 0.0966. The highest BCUT2D eigenvalue weighted by atomic mass is 16.3. The first-order valence-corrected chi connectivity index (χ1v) is 10.7. The lowest BCUT2D eigenvalue weighted by Crippen LogP contribution is -2.41. The Morgan fingerprint density at radius 3 is 2.77 bits per heavy atom. The molecule has 30 heavy (non-hydrogen) atoms. The minimum Gasteiger partial charge on any atom is -0.508 e. The van der Waals surface area contributed by atoms with Gasteiger partial charge in [-0.2, -0.15) is 5.10 Å². The summed E-state index contributed by atoms with van der Waals surface area (Å²) < 4.78 is 1.86. The Bertz CT molecular complexity index is 1120. The van der Waals surface area contributed by atoms with Crippen LogP contribution in [0, 0.1) is 6.92 Å². The standard InChI is InChI=1S/C24H28N4O2/c1-13(2)28(15-5-7-16(29)8-6-15)23-14(3)18-11-25-24(30)22(18)21-17(23)9-10-20-19(21)12-27(4)26-20/h5,7-8,12-13,15,29H,6,9-11H2,1-4H3,(H,25,30). The summed E-state index contributed by atoms with van der Waals surface area (Å²) in [4.78, 5) is 15.3. The normalized spacial score (nSPS) is 19.3. The maximum atomic E-state index is 12.9. The number of aliphatic hydroxyl groups is 1. The molecular weight excluding hydrogens is 376 g/mol. The van der Waals surface area contributed by atoms with Crippen molar-refractivity contribution < 1.29 is 9.90 Å². The first-order valence-electron chi connectivity index (χ1n) is 10.7. The molecule has 2 aromatic rings. The average molecular weight is 405 g/mol. The molecule has 2 aliphatic carbocycles. The van der Waals surface area contributed by atoms with Gasteiger partial charge in [-0.15, -0.1) is 0 Å². The third-order valence-corrected chi connectivity index (χ3v) is 6.62. The van der Waals surface area contributed by atoms with Crippen LogP contribution in [0.1, 0.15) is 53.0 Å². The lowest BCUT2D eigenvalue weighted by Gasteiger charge is -2.40. The third kappa shape index (κ3) is 2.70. The number of rotatable bonds is 3. The van der Waals surface area contributed by atoms with Gasteiger partial charge in [-0.1, -0.05) is 6.08 Å². The number of carbonyl (C=O) groups excluding carboxylic acids is 1. The average Bonchev–Trinajstić information content (AvgIpc) is 3.27. The van der Waals surface area contributed by atoms with E-state index in [9.17, 15) is 9.90 Å². The third-order valence-electron chi connectivity index (χ3n) is 6.62. The van der Waals surface area contributed by atoms with Crippen LogP contribution in [0.2, 0.25) is 0 Å². The Kier molecular flexibility index (Phi) is 4.27. The molecule has 1 aromatic heterocycles. The number of allylic oxidation sites excluding steroid dienone is 1. The summed E-state index contributed by atoms with van der Waals surface area (Å²) in [5.74, 6) is 0.353. The van der Waals surface area contributed by atoms with E-state index >= 15 is 0 Å². The van der Waals surface area contributed by atoms with Gasteiger partial charge in [0.15, 0.2) is 0 Å². The number of carbonyl (C=O) groups is 1. The number of nitrogens with one attached hydrogen (secondary N) is 1. The van der Waals surface area contributed by atoms with E-state index in [4.69, 9.17) is 0 Å². The van der Waals surface area contributed by atoms with Gasteiger partial charge >= 0.3 is 0 Å². The number of amides is 1. The molecule has 2 heterocycles. The number of hydrogen-bond donors (Lipinski definition) is 2. The summed E-state index contributed by atoms with van der Waals surface area (Å²) in [5.41, 5.74) is 8.86. The summed E-state index contributed by atoms with van der Waals surface area (Å²) in [7, 11) is 1.94. The fourth-order valence-electron chi connectivity index (χ4n) is 5.38. The summed E-state index contributed by atoms with van der Waals surface area (Å²) in [6.07, 6.45) is 10.3. The van der Waals surface area contributed by atoms with E-state index in [-0.39, 0.29) is 18.0 Å². The number of aliphatic hydroxyl groups excluding tert-OH is 1. The van der Waals surface area contributed by atoms with E-state index < -0.39 is 0 Å². The minimum atomic E-state index is 0.0223. The van der Waals surface area contributed by atoms with Crippen molar-refractivity contribution in [3.8, 4) is 11.1 Å². The van der Waals surface area contributed by atoms with Gasteiger partial charge in [0.25, 0.3) is 5.91 Å². The number of hydrogen-bond acceptors (Lipinski definition) is 4. The lowest BCUT2D eigenvalue weighted by atomic mass is 9.81. The predicted octanol–water partition coefficient (Wildman–Crippen LogP) is 3.72. The second-order valence-electron chi connectivity index (χ2n) is 8.82. The summed E-state index contributed by atoms with van der Waals surface area (Å²) >= 11 is 0. The molecule has 3 aliphatic rings. The number of anilines is 1. The summed E-state index contributed by atoms with van der Waals surface area (Å²) in [6, 6.07) is 0.441. The first-order chi connectivity index (χ1) is 14.4. The molecule has 0 saturated heterocycles. The maximum Gasteiger partial charge on any atom is 0.252 e. The van der Waals surface area contributed by atoms with E-state index in [1.54, 1.807) is 6.08 Å². The molecule has 5 rings (SSSR count). The van der Waals surface area contributed by atoms with Crippen LogP contribution in [0.15, 0.2) is 30.2 Å². The van der Waals surface area contributed by atoms with E-state index in [2.05, 4.69) is 48.4 Å². The maximum absolute atomic E-state index is 12.9. The highest BCUT2D eigenvalue weighted by Gasteiger charge is 2.36. The van der Waals surface area contributed by atoms with Crippen LogP contribution in [0.25, 0.3) is 11.1 Å². The largest absolute Gasteiger partial charge is 0.508 e. The summed E-state index contributed by atoms with van der Waals surface area (Å²) in [6.45, 7) is 7.16. The molecule has 0 bridgehead atoms. The Hall–Kier alpha value is -3.02. The van der Waals surface area contributed by atoms with Crippen molar-refractivity contribution in [1.82, 2.24) is 15.1 Å². The van der Waals surface area contributed by atoms with Gasteiger partial charge in [-0.05, 0) is 68.9 Å². The molecule has 0 radical (unpaired) electrons. The van der Waals surface area contributed by atoms with Crippen molar-refractivity contribution in [2.24, 2.45) is 7.05 Å².